The summed E-state index contributed by atoms with van der Waals surface area (Å²) in [5, 5.41) is 3.16. The third-order valence-corrected chi connectivity index (χ3v) is 4.46. The molecule has 0 saturated heterocycles. The number of thiazole rings is 1. The number of halogens is 2. The standard InChI is InChI=1S/C18H12ClFN2O3S/c19-11-5-6-13(12(20)9-11)21-16(23)10-25-18(24)8-7-17-22-14-3-1-2-4-15(14)26-17/h1-9H,10H2,(H,21,23)/b8-7+. The number of anilines is 1. The number of esters is 1. The van der Waals surface area contributed by atoms with Crippen LogP contribution in [-0.2, 0) is 14.3 Å². The summed E-state index contributed by atoms with van der Waals surface area (Å²) in [6, 6.07) is 11.4. The van der Waals surface area contributed by atoms with E-state index in [0.29, 0.717) is 5.01 Å². The Bertz CT molecular complexity index is 970. The van der Waals surface area contributed by atoms with Gasteiger partial charge < -0.3 is 10.1 Å². The average Bonchev–Trinajstić information content (AvgIpc) is 3.03. The van der Waals surface area contributed by atoms with E-state index in [4.69, 9.17) is 16.3 Å². The summed E-state index contributed by atoms with van der Waals surface area (Å²) < 4.78 is 19.4. The maximum atomic E-state index is 13.6. The minimum Gasteiger partial charge on any atom is -0.452 e. The zero-order valence-electron chi connectivity index (χ0n) is 13.2. The number of amides is 1. The molecule has 132 valence electrons. The van der Waals surface area contributed by atoms with Gasteiger partial charge in [0.05, 0.1) is 15.9 Å². The summed E-state index contributed by atoms with van der Waals surface area (Å²) in [6.45, 7) is -0.537. The van der Waals surface area contributed by atoms with Crippen LogP contribution in [0.1, 0.15) is 5.01 Å². The summed E-state index contributed by atoms with van der Waals surface area (Å²) in [4.78, 5) is 27.8. The number of benzene rings is 2. The number of aromatic nitrogens is 1. The monoisotopic (exact) mass is 390 g/mol. The van der Waals surface area contributed by atoms with E-state index in [2.05, 4.69) is 10.3 Å². The van der Waals surface area contributed by atoms with Crippen molar-refractivity contribution < 1.29 is 18.7 Å². The molecule has 0 aliphatic rings. The van der Waals surface area contributed by atoms with E-state index in [9.17, 15) is 14.0 Å². The zero-order chi connectivity index (χ0) is 18.5. The number of ether oxygens (including phenoxy) is 1. The molecule has 0 spiro atoms. The van der Waals surface area contributed by atoms with Gasteiger partial charge in [-0.05, 0) is 36.4 Å². The lowest BCUT2D eigenvalue weighted by molar-refractivity contribution is -0.142. The minimum absolute atomic E-state index is 0.0412. The predicted octanol–water partition coefficient (Wildman–Crippen LogP) is 4.28. The SMILES string of the molecule is O=C(COC(=O)/C=C/c1nc2ccccc2s1)Nc1ccc(Cl)cc1F. The molecule has 0 bridgehead atoms. The molecule has 1 aromatic heterocycles. The fourth-order valence-electron chi connectivity index (χ4n) is 2.06. The van der Waals surface area contributed by atoms with Gasteiger partial charge in [-0.2, -0.15) is 0 Å². The molecule has 3 aromatic rings. The largest absolute Gasteiger partial charge is 0.452 e. The van der Waals surface area contributed by atoms with Gasteiger partial charge >= 0.3 is 5.97 Å². The van der Waals surface area contributed by atoms with Crippen LogP contribution in [0.5, 0.6) is 0 Å². The molecule has 3 rings (SSSR count). The Hall–Kier alpha value is -2.77. The van der Waals surface area contributed by atoms with Crippen molar-refractivity contribution >= 4 is 56.8 Å². The molecule has 0 radical (unpaired) electrons. The fourth-order valence-corrected chi connectivity index (χ4v) is 3.09. The number of carbonyl (C=O) groups is 2. The first-order chi connectivity index (χ1) is 12.5. The van der Waals surface area contributed by atoms with Gasteiger partial charge in [-0.1, -0.05) is 23.7 Å². The molecular weight excluding hydrogens is 379 g/mol. The highest BCUT2D eigenvalue weighted by Gasteiger charge is 2.09. The molecule has 0 unspecified atom stereocenters. The van der Waals surface area contributed by atoms with Crippen molar-refractivity contribution in [3.05, 3.63) is 64.4 Å². The maximum absolute atomic E-state index is 13.6. The second kappa shape index (κ2) is 8.07. The summed E-state index contributed by atoms with van der Waals surface area (Å²) in [7, 11) is 0. The molecule has 0 atom stereocenters. The van der Waals surface area contributed by atoms with E-state index in [1.807, 2.05) is 24.3 Å². The van der Waals surface area contributed by atoms with Crippen molar-refractivity contribution in [3.63, 3.8) is 0 Å². The first kappa shape index (κ1) is 18.0. The summed E-state index contributed by atoms with van der Waals surface area (Å²) in [5.74, 6) is -2.03. The van der Waals surface area contributed by atoms with Crippen LogP contribution >= 0.6 is 22.9 Å². The highest BCUT2D eigenvalue weighted by atomic mass is 35.5. The average molecular weight is 391 g/mol. The minimum atomic E-state index is -0.698. The van der Waals surface area contributed by atoms with Gasteiger partial charge in [0.15, 0.2) is 6.61 Å². The first-order valence-electron chi connectivity index (χ1n) is 7.46. The second-order valence-electron chi connectivity index (χ2n) is 5.13. The Morgan fingerprint density at radius 3 is 2.85 bits per heavy atom. The highest BCUT2D eigenvalue weighted by molar-refractivity contribution is 7.19. The first-order valence-corrected chi connectivity index (χ1v) is 8.66. The van der Waals surface area contributed by atoms with Crippen molar-refractivity contribution in [1.82, 2.24) is 4.98 Å². The summed E-state index contributed by atoms with van der Waals surface area (Å²) >= 11 is 7.06. The van der Waals surface area contributed by atoms with Crippen LogP contribution < -0.4 is 5.32 Å². The van der Waals surface area contributed by atoms with Crippen molar-refractivity contribution in [2.24, 2.45) is 0 Å². The number of hydrogen-bond donors (Lipinski definition) is 1. The highest BCUT2D eigenvalue weighted by Crippen LogP contribution is 2.22. The lowest BCUT2D eigenvalue weighted by Crippen LogP contribution is -2.20. The van der Waals surface area contributed by atoms with Gasteiger partial charge in [-0.15, -0.1) is 11.3 Å². The van der Waals surface area contributed by atoms with Crippen LogP contribution in [0, 0.1) is 5.82 Å². The van der Waals surface area contributed by atoms with E-state index in [1.54, 1.807) is 0 Å². The Labute approximate surface area is 157 Å². The lowest BCUT2D eigenvalue weighted by Gasteiger charge is -2.06. The van der Waals surface area contributed by atoms with E-state index in [0.717, 1.165) is 16.3 Å². The smallest absolute Gasteiger partial charge is 0.331 e. The quantitative estimate of drug-likeness (QED) is 0.521. The molecule has 26 heavy (non-hydrogen) atoms. The summed E-state index contributed by atoms with van der Waals surface area (Å²) in [5.41, 5.74) is 0.801. The molecule has 5 nitrogen and oxygen atoms in total. The molecule has 1 amide bonds. The van der Waals surface area contributed by atoms with Crippen LogP contribution in [0.4, 0.5) is 10.1 Å². The lowest BCUT2D eigenvalue weighted by atomic mass is 10.3. The molecule has 1 heterocycles. The Morgan fingerprint density at radius 1 is 1.27 bits per heavy atom. The fraction of sp³-hybridized carbons (Fsp3) is 0.0556. The number of hydrogen-bond acceptors (Lipinski definition) is 5. The molecular formula is C18H12ClFN2O3S. The molecule has 2 aromatic carbocycles. The number of carbonyl (C=O) groups excluding carboxylic acids is 2. The van der Waals surface area contributed by atoms with Gasteiger partial charge in [-0.3, -0.25) is 4.79 Å². The van der Waals surface area contributed by atoms with Gasteiger partial charge in [0.1, 0.15) is 10.8 Å². The van der Waals surface area contributed by atoms with Crippen LogP contribution in [-0.4, -0.2) is 23.5 Å². The van der Waals surface area contributed by atoms with Crippen molar-refractivity contribution in [1.29, 1.82) is 0 Å². The van der Waals surface area contributed by atoms with E-state index in [-0.39, 0.29) is 10.7 Å². The van der Waals surface area contributed by atoms with Gasteiger partial charge in [0.25, 0.3) is 5.91 Å². The van der Waals surface area contributed by atoms with Crippen LogP contribution in [0.3, 0.4) is 0 Å². The van der Waals surface area contributed by atoms with Gasteiger partial charge in [0.2, 0.25) is 0 Å². The molecule has 8 heteroatoms. The Balaban J connectivity index is 1.52. The topological polar surface area (TPSA) is 68.3 Å². The van der Waals surface area contributed by atoms with E-state index in [1.165, 1.54) is 35.6 Å². The third-order valence-electron chi connectivity index (χ3n) is 3.22. The van der Waals surface area contributed by atoms with Gasteiger partial charge in [-0.25, -0.2) is 14.2 Å². The number of nitrogens with one attached hydrogen (secondary N) is 1. The number of nitrogens with zero attached hydrogens (tertiary/aromatic N) is 1. The van der Waals surface area contributed by atoms with E-state index < -0.39 is 24.3 Å². The molecule has 0 aliphatic heterocycles. The second-order valence-corrected chi connectivity index (χ2v) is 6.63. The number of para-hydroxylation sites is 1. The Morgan fingerprint density at radius 2 is 2.08 bits per heavy atom. The maximum Gasteiger partial charge on any atom is 0.331 e. The van der Waals surface area contributed by atoms with Crippen LogP contribution in [0.15, 0.2) is 48.5 Å². The van der Waals surface area contributed by atoms with Crippen LogP contribution in [0.25, 0.3) is 16.3 Å². The summed E-state index contributed by atoms with van der Waals surface area (Å²) in [6.07, 6.45) is 2.71. The third kappa shape index (κ3) is 4.65. The molecule has 1 N–H and O–H groups in total. The molecule has 0 saturated carbocycles. The van der Waals surface area contributed by atoms with E-state index >= 15 is 0 Å². The zero-order valence-corrected chi connectivity index (χ0v) is 14.8. The number of rotatable bonds is 5. The predicted molar refractivity (Wildman–Crippen MR) is 99.7 cm³/mol. The van der Waals surface area contributed by atoms with Crippen LogP contribution in [0.2, 0.25) is 5.02 Å². The Kier molecular flexibility index (Phi) is 5.60. The van der Waals surface area contributed by atoms with Crippen molar-refractivity contribution in [2.45, 2.75) is 0 Å². The van der Waals surface area contributed by atoms with Crippen molar-refractivity contribution in [2.75, 3.05) is 11.9 Å². The van der Waals surface area contributed by atoms with Crippen molar-refractivity contribution in [3.8, 4) is 0 Å². The normalized spacial score (nSPS) is 11.0. The van der Waals surface area contributed by atoms with Gasteiger partial charge in [0, 0.05) is 11.1 Å². The molecule has 0 fully saturated rings. The molecule has 0 aliphatic carbocycles. The number of fused-ring (bicyclic) bond motifs is 1.